The van der Waals surface area contributed by atoms with Crippen LogP contribution in [0.2, 0.25) is 5.02 Å². The molecule has 2 aliphatic heterocycles. The molecular weight excluding hydrogens is 450 g/mol. The van der Waals surface area contributed by atoms with Gasteiger partial charge in [0, 0.05) is 36.8 Å². The van der Waals surface area contributed by atoms with E-state index < -0.39 is 0 Å². The highest BCUT2D eigenvalue weighted by Gasteiger charge is 2.21. The van der Waals surface area contributed by atoms with Gasteiger partial charge in [-0.05, 0) is 55.5 Å². The summed E-state index contributed by atoms with van der Waals surface area (Å²) in [4.78, 5) is 18.4. The Labute approximate surface area is 204 Å². The number of ether oxygens (including phenoxy) is 1. The Kier molecular flexibility index (Phi) is 7.05. The summed E-state index contributed by atoms with van der Waals surface area (Å²) in [5.41, 5.74) is 4.92. The van der Waals surface area contributed by atoms with Crippen molar-refractivity contribution in [2.75, 3.05) is 41.4 Å². The predicted octanol–water partition coefficient (Wildman–Crippen LogP) is 4.75. The maximum absolute atomic E-state index is 6.02. The number of hydrazone groups is 1. The number of rotatable bonds is 8. The fourth-order valence-corrected chi connectivity index (χ4v) is 4.27. The molecule has 0 radical (unpaired) electrons. The van der Waals surface area contributed by atoms with E-state index in [0.717, 1.165) is 55.0 Å². The van der Waals surface area contributed by atoms with Crippen molar-refractivity contribution in [3.05, 3.63) is 64.7 Å². The molecule has 0 unspecified atom stereocenters. The molecule has 3 aromatic rings. The molecule has 0 aliphatic carbocycles. The molecule has 9 heteroatoms. The molecule has 8 nitrogen and oxygen atoms in total. The summed E-state index contributed by atoms with van der Waals surface area (Å²) in [7, 11) is 0. The van der Waals surface area contributed by atoms with Crippen LogP contribution in [0.5, 0.6) is 5.75 Å². The average Bonchev–Trinajstić information content (AvgIpc) is 3.59. The first-order valence-electron chi connectivity index (χ1n) is 11.8. The molecule has 0 amide bonds. The largest absolute Gasteiger partial charge is 0.488 e. The van der Waals surface area contributed by atoms with E-state index >= 15 is 0 Å². The van der Waals surface area contributed by atoms with Gasteiger partial charge in [0.2, 0.25) is 17.8 Å². The van der Waals surface area contributed by atoms with Crippen LogP contribution in [0.25, 0.3) is 0 Å². The quantitative estimate of drug-likeness (QED) is 0.370. The molecule has 1 N–H and O–H groups in total. The average molecular weight is 478 g/mol. The van der Waals surface area contributed by atoms with Crippen molar-refractivity contribution in [3.8, 4) is 5.75 Å². The van der Waals surface area contributed by atoms with E-state index in [4.69, 9.17) is 21.3 Å². The van der Waals surface area contributed by atoms with Crippen LogP contribution in [-0.2, 0) is 6.61 Å². The molecule has 0 atom stereocenters. The van der Waals surface area contributed by atoms with E-state index in [9.17, 15) is 0 Å². The topological polar surface area (TPSA) is 78.8 Å². The summed E-state index contributed by atoms with van der Waals surface area (Å²) >= 11 is 5.97. The minimum absolute atomic E-state index is 0.446. The minimum Gasteiger partial charge on any atom is -0.488 e. The lowest BCUT2D eigenvalue weighted by atomic mass is 10.2. The van der Waals surface area contributed by atoms with Crippen LogP contribution in [0.15, 0.2) is 53.6 Å². The highest BCUT2D eigenvalue weighted by Crippen LogP contribution is 2.23. The zero-order valence-electron chi connectivity index (χ0n) is 19.0. The number of halogens is 1. The first-order chi connectivity index (χ1) is 16.7. The summed E-state index contributed by atoms with van der Waals surface area (Å²) < 4.78 is 6.02. The van der Waals surface area contributed by atoms with Gasteiger partial charge in [0.25, 0.3) is 0 Å². The highest BCUT2D eigenvalue weighted by molar-refractivity contribution is 6.30. The molecule has 0 saturated carbocycles. The summed E-state index contributed by atoms with van der Waals surface area (Å²) in [5.74, 6) is 2.64. The van der Waals surface area contributed by atoms with Crippen molar-refractivity contribution in [1.29, 1.82) is 0 Å². The molecule has 3 heterocycles. The van der Waals surface area contributed by atoms with E-state index in [0.29, 0.717) is 17.6 Å². The molecule has 5 rings (SSSR count). The zero-order chi connectivity index (χ0) is 23.2. The van der Waals surface area contributed by atoms with Gasteiger partial charge in [0.15, 0.2) is 0 Å². The van der Waals surface area contributed by atoms with Crippen molar-refractivity contribution in [2.45, 2.75) is 32.3 Å². The Bertz CT molecular complexity index is 1090. The first-order valence-corrected chi connectivity index (χ1v) is 12.1. The van der Waals surface area contributed by atoms with Crippen LogP contribution in [0, 0.1) is 0 Å². The third kappa shape index (κ3) is 5.56. The van der Waals surface area contributed by atoms with Crippen molar-refractivity contribution >= 4 is 35.7 Å². The molecule has 0 spiro atoms. The fourth-order valence-electron chi connectivity index (χ4n) is 4.14. The van der Waals surface area contributed by atoms with Crippen molar-refractivity contribution in [1.82, 2.24) is 15.0 Å². The minimum atomic E-state index is 0.446. The zero-order valence-corrected chi connectivity index (χ0v) is 19.8. The number of hydrogen-bond donors (Lipinski definition) is 1. The number of anilines is 3. The van der Waals surface area contributed by atoms with Gasteiger partial charge in [0.1, 0.15) is 12.4 Å². The van der Waals surface area contributed by atoms with Crippen LogP contribution >= 0.6 is 11.6 Å². The number of nitrogens with one attached hydrogen (secondary N) is 1. The Balaban J connectivity index is 1.30. The van der Waals surface area contributed by atoms with Crippen LogP contribution in [0.3, 0.4) is 0 Å². The van der Waals surface area contributed by atoms with E-state index in [1.165, 1.54) is 25.7 Å². The summed E-state index contributed by atoms with van der Waals surface area (Å²) in [6.45, 7) is 4.35. The number of aromatic nitrogens is 3. The Morgan fingerprint density at radius 1 is 0.853 bits per heavy atom. The van der Waals surface area contributed by atoms with Gasteiger partial charge in [-0.3, -0.25) is 0 Å². The van der Waals surface area contributed by atoms with Crippen LogP contribution in [0.1, 0.15) is 36.8 Å². The molecular formula is C25H28ClN7O. The van der Waals surface area contributed by atoms with Crippen molar-refractivity contribution in [3.63, 3.8) is 0 Å². The predicted molar refractivity (Wildman–Crippen MR) is 136 cm³/mol. The van der Waals surface area contributed by atoms with Crippen LogP contribution in [0.4, 0.5) is 17.8 Å². The maximum Gasteiger partial charge on any atom is 0.250 e. The van der Waals surface area contributed by atoms with Gasteiger partial charge in [-0.15, -0.1) is 0 Å². The second-order valence-electron chi connectivity index (χ2n) is 8.47. The third-order valence-corrected chi connectivity index (χ3v) is 6.24. The number of hydrogen-bond acceptors (Lipinski definition) is 8. The van der Waals surface area contributed by atoms with Crippen molar-refractivity contribution in [2.24, 2.45) is 5.10 Å². The first kappa shape index (κ1) is 22.4. The Morgan fingerprint density at radius 2 is 1.47 bits per heavy atom. The van der Waals surface area contributed by atoms with E-state index in [1.54, 1.807) is 6.21 Å². The van der Waals surface area contributed by atoms with Crippen LogP contribution in [-0.4, -0.2) is 47.3 Å². The highest BCUT2D eigenvalue weighted by atomic mass is 35.5. The summed E-state index contributed by atoms with van der Waals surface area (Å²) in [6, 6.07) is 15.4. The van der Waals surface area contributed by atoms with Gasteiger partial charge in [-0.2, -0.15) is 20.1 Å². The van der Waals surface area contributed by atoms with Gasteiger partial charge in [0.05, 0.1) is 6.21 Å². The normalized spacial score (nSPS) is 15.9. The lowest BCUT2D eigenvalue weighted by Gasteiger charge is -2.20. The molecule has 2 aromatic carbocycles. The Morgan fingerprint density at radius 3 is 2.12 bits per heavy atom. The summed E-state index contributed by atoms with van der Waals surface area (Å²) in [5, 5.41) is 5.12. The van der Waals surface area contributed by atoms with E-state index in [1.807, 2.05) is 48.5 Å². The number of benzene rings is 2. The van der Waals surface area contributed by atoms with Gasteiger partial charge < -0.3 is 14.5 Å². The second-order valence-corrected chi connectivity index (χ2v) is 8.91. The Hall–Kier alpha value is -3.39. The number of para-hydroxylation sites is 1. The summed E-state index contributed by atoms with van der Waals surface area (Å²) in [6.07, 6.45) is 6.39. The number of nitrogens with zero attached hydrogens (tertiary/aromatic N) is 6. The smallest absolute Gasteiger partial charge is 0.250 e. The third-order valence-electron chi connectivity index (χ3n) is 5.98. The fraction of sp³-hybridized carbons (Fsp3) is 0.360. The molecule has 0 bridgehead atoms. The molecule has 34 heavy (non-hydrogen) atoms. The van der Waals surface area contributed by atoms with E-state index in [2.05, 4.69) is 30.3 Å². The maximum atomic E-state index is 6.02. The van der Waals surface area contributed by atoms with E-state index in [-0.39, 0.29) is 0 Å². The standard InChI is InChI=1S/C25H28ClN7O/c26-21-11-9-19(10-12-21)18-34-22-8-2-1-7-20(22)17-27-31-23-28-24(32-13-3-4-14-32)30-25(29-23)33-15-5-6-16-33/h1-2,7-12,17H,3-6,13-16,18H2,(H,28,29,30,31). The molecule has 2 fully saturated rings. The van der Waals surface area contributed by atoms with Crippen LogP contribution < -0.4 is 20.0 Å². The SMILES string of the molecule is Clc1ccc(COc2ccccc2C=NNc2nc(N3CCCC3)nc(N3CCCC3)n2)cc1. The lowest BCUT2D eigenvalue weighted by molar-refractivity contribution is 0.306. The lowest BCUT2D eigenvalue weighted by Crippen LogP contribution is -2.25. The van der Waals surface area contributed by atoms with Gasteiger partial charge >= 0.3 is 0 Å². The van der Waals surface area contributed by atoms with Gasteiger partial charge in [-0.1, -0.05) is 35.9 Å². The molecule has 1 aromatic heterocycles. The monoisotopic (exact) mass is 477 g/mol. The molecule has 2 aliphatic rings. The molecule has 176 valence electrons. The second kappa shape index (κ2) is 10.7. The van der Waals surface area contributed by atoms with Crippen molar-refractivity contribution < 1.29 is 4.74 Å². The van der Waals surface area contributed by atoms with Gasteiger partial charge in [-0.25, -0.2) is 5.43 Å². The molecule has 2 saturated heterocycles.